The van der Waals surface area contributed by atoms with Crippen LogP contribution in [0.25, 0.3) is 0 Å². The van der Waals surface area contributed by atoms with Crippen LogP contribution in [-0.4, -0.2) is 31.4 Å². The third-order valence-corrected chi connectivity index (χ3v) is 3.68. The fraction of sp³-hybridized carbons (Fsp3) is 0.857. The Labute approximate surface area is 115 Å². The van der Waals surface area contributed by atoms with Gasteiger partial charge in [0.2, 0.25) is 11.8 Å². The van der Waals surface area contributed by atoms with Gasteiger partial charge in [0, 0.05) is 12.5 Å². The molecule has 1 fully saturated rings. The second-order valence-electron chi connectivity index (χ2n) is 5.80. The number of carbonyl (C=O) groups is 2. The van der Waals surface area contributed by atoms with Crippen molar-refractivity contribution in [1.29, 1.82) is 0 Å². The third-order valence-electron chi connectivity index (χ3n) is 3.68. The summed E-state index contributed by atoms with van der Waals surface area (Å²) in [6, 6.07) is 0. The van der Waals surface area contributed by atoms with Gasteiger partial charge in [0.05, 0.1) is 6.54 Å². The van der Waals surface area contributed by atoms with Gasteiger partial charge < -0.3 is 16.4 Å². The van der Waals surface area contributed by atoms with Gasteiger partial charge in [-0.2, -0.15) is 0 Å². The minimum atomic E-state index is -0.123. The summed E-state index contributed by atoms with van der Waals surface area (Å²) in [5.74, 6) is 0.528. The summed E-state index contributed by atoms with van der Waals surface area (Å²) in [6.45, 7) is 5.33. The second-order valence-corrected chi connectivity index (χ2v) is 5.80. The van der Waals surface area contributed by atoms with E-state index in [4.69, 9.17) is 5.73 Å². The van der Waals surface area contributed by atoms with Gasteiger partial charge in [0.1, 0.15) is 0 Å². The number of nitrogens with two attached hydrogens (primary N) is 1. The van der Waals surface area contributed by atoms with E-state index in [1.165, 1.54) is 0 Å². The highest BCUT2D eigenvalue weighted by Gasteiger charge is 2.29. The molecule has 4 N–H and O–H groups in total. The average molecular weight is 269 g/mol. The largest absolute Gasteiger partial charge is 0.354 e. The van der Waals surface area contributed by atoms with Crippen molar-refractivity contribution in [1.82, 2.24) is 10.6 Å². The Morgan fingerprint density at radius 1 is 1.21 bits per heavy atom. The number of amides is 2. The minimum absolute atomic E-state index is 0.0170. The molecule has 1 aliphatic carbocycles. The third kappa shape index (κ3) is 5.59. The normalized spacial score (nSPS) is 23.2. The van der Waals surface area contributed by atoms with Crippen LogP contribution in [0.4, 0.5) is 0 Å². The van der Waals surface area contributed by atoms with Crippen LogP contribution >= 0.6 is 0 Å². The first-order chi connectivity index (χ1) is 9.04. The lowest BCUT2D eigenvalue weighted by Gasteiger charge is -2.29. The molecule has 110 valence electrons. The standard InChI is InChI=1S/C14H27N3O2/c1-10(2)8-16-13(18)9-17-14(19)12-6-4-3-5-11(12)7-15/h10-12H,3-9,15H2,1-2H3,(H,16,18)(H,17,19). The predicted octanol–water partition coefficient (Wildman–Crippen LogP) is 0.640. The first-order valence-electron chi connectivity index (χ1n) is 7.29. The quantitative estimate of drug-likeness (QED) is 0.661. The SMILES string of the molecule is CC(C)CNC(=O)CNC(=O)C1CCCCC1CN. The van der Waals surface area contributed by atoms with Crippen LogP contribution in [-0.2, 0) is 9.59 Å². The zero-order chi connectivity index (χ0) is 14.3. The lowest BCUT2D eigenvalue weighted by atomic mass is 9.79. The first kappa shape index (κ1) is 16.0. The summed E-state index contributed by atoms with van der Waals surface area (Å²) in [5.41, 5.74) is 5.71. The van der Waals surface area contributed by atoms with Crippen molar-refractivity contribution in [2.75, 3.05) is 19.6 Å². The van der Waals surface area contributed by atoms with E-state index in [1.54, 1.807) is 0 Å². The van der Waals surface area contributed by atoms with E-state index >= 15 is 0 Å². The highest BCUT2D eigenvalue weighted by Crippen LogP contribution is 2.29. The van der Waals surface area contributed by atoms with Gasteiger partial charge in [-0.3, -0.25) is 9.59 Å². The molecule has 5 nitrogen and oxygen atoms in total. The highest BCUT2D eigenvalue weighted by atomic mass is 16.2. The lowest BCUT2D eigenvalue weighted by Crippen LogP contribution is -2.44. The van der Waals surface area contributed by atoms with Crippen molar-refractivity contribution in [3.63, 3.8) is 0 Å². The highest BCUT2D eigenvalue weighted by molar-refractivity contribution is 5.85. The Balaban J connectivity index is 2.31. The fourth-order valence-electron chi connectivity index (χ4n) is 2.51. The molecule has 0 saturated heterocycles. The number of hydrogen-bond donors (Lipinski definition) is 3. The van der Waals surface area contributed by atoms with Crippen LogP contribution < -0.4 is 16.4 Å². The van der Waals surface area contributed by atoms with Crippen molar-refractivity contribution >= 4 is 11.8 Å². The molecular formula is C14H27N3O2. The van der Waals surface area contributed by atoms with E-state index < -0.39 is 0 Å². The van der Waals surface area contributed by atoms with E-state index in [2.05, 4.69) is 10.6 Å². The summed E-state index contributed by atoms with van der Waals surface area (Å²) in [5, 5.41) is 5.52. The van der Waals surface area contributed by atoms with Crippen LogP contribution in [0.3, 0.4) is 0 Å². The molecule has 5 heteroatoms. The van der Waals surface area contributed by atoms with Gasteiger partial charge in [-0.1, -0.05) is 26.7 Å². The summed E-state index contributed by atoms with van der Waals surface area (Å²) in [7, 11) is 0. The number of hydrogen-bond acceptors (Lipinski definition) is 3. The molecule has 0 aromatic rings. The molecule has 0 heterocycles. The van der Waals surface area contributed by atoms with Crippen LogP contribution in [0, 0.1) is 17.8 Å². The molecule has 2 unspecified atom stereocenters. The molecule has 0 aliphatic heterocycles. The first-order valence-corrected chi connectivity index (χ1v) is 7.29. The summed E-state index contributed by atoms with van der Waals surface area (Å²) < 4.78 is 0. The molecule has 2 atom stereocenters. The Morgan fingerprint density at radius 2 is 1.89 bits per heavy atom. The molecule has 1 saturated carbocycles. The Hall–Kier alpha value is -1.10. The molecule has 2 amide bonds. The van der Waals surface area contributed by atoms with Gasteiger partial charge in [-0.05, 0) is 31.2 Å². The molecule has 1 aliphatic rings. The maximum Gasteiger partial charge on any atom is 0.239 e. The zero-order valence-electron chi connectivity index (χ0n) is 12.1. The zero-order valence-corrected chi connectivity index (χ0v) is 12.1. The van der Waals surface area contributed by atoms with Gasteiger partial charge in [0.15, 0.2) is 0 Å². The van der Waals surface area contributed by atoms with Crippen LogP contribution in [0.5, 0.6) is 0 Å². The fourth-order valence-corrected chi connectivity index (χ4v) is 2.51. The van der Waals surface area contributed by atoms with Crippen LogP contribution in [0.2, 0.25) is 0 Å². The monoisotopic (exact) mass is 269 g/mol. The van der Waals surface area contributed by atoms with Crippen LogP contribution in [0.15, 0.2) is 0 Å². The van der Waals surface area contributed by atoms with Crippen molar-refractivity contribution < 1.29 is 9.59 Å². The van der Waals surface area contributed by atoms with Gasteiger partial charge in [-0.15, -0.1) is 0 Å². The Bertz CT molecular complexity index is 305. The predicted molar refractivity (Wildman–Crippen MR) is 75.4 cm³/mol. The van der Waals surface area contributed by atoms with E-state index in [0.717, 1.165) is 25.7 Å². The van der Waals surface area contributed by atoms with Gasteiger partial charge in [0.25, 0.3) is 0 Å². The van der Waals surface area contributed by atoms with E-state index in [1.807, 2.05) is 13.8 Å². The summed E-state index contributed by atoms with van der Waals surface area (Å²) >= 11 is 0. The van der Waals surface area contributed by atoms with Crippen LogP contribution in [0.1, 0.15) is 39.5 Å². The summed E-state index contributed by atoms with van der Waals surface area (Å²) in [4.78, 5) is 23.6. The lowest BCUT2D eigenvalue weighted by molar-refractivity contribution is -0.130. The molecule has 1 rings (SSSR count). The number of rotatable bonds is 6. The molecule has 0 aromatic carbocycles. The average Bonchev–Trinajstić information content (AvgIpc) is 2.42. The van der Waals surface area contributed by atoms with Gasteiger partial charge in [-0.25, -0.2) is 0 Å². The van der Waals surface area contributed by atoms with Gasteiger partial charge >= 0.3 is 0 Å². The molecule has 0 spiro atoms. The van der Waals surface area contributed by atoms with Crippen molar-refractivity contribution in [3.8, 4) is 0 Å². The topological polar surface area (TPSA) is 84.2 Å². The van der Waals surface area contributed by atoms with E-state index in [0.29, 0.717) is 19.0 Å². The van der Waals surface area contributed by atoms with E-state index in [-0.39, 0.29) is 30.2 Å². The second kappa shape index (κ2) is 8.15. The molecule has 0 bridgehead atoms. The maximum atomic E-state index is 12.1. The van der Waals surface area contributed by atoms with Crippen molar-refractivity contribution in [2.45, 2.75) is 39.5 Å². The maximum absolute atomic E-state index is 12.1. The number of carbonyl (C=O) groups excluding carboxylic acids is 2. The summed E-state index contributed by atoms with van der Waals surface area (Å²) in [6.07, 6.45) is 4.14. The number of nitrogens with one attached hydrogen (secondary N) is 2. The Morgan fingerprint density at radius 3 is 2.53 bits per heavy atom. The molecule has 19 heavy (non-hydrogen) atoms. The molecule has 0 aromatic heterocycles. The Kier molecular flexibility index (Phi) is 6.84. The van der Waals surface area contributed by atoms with Crippen molar-refractivity contribution in [2.24, 2.45) is 23.5 Å². The smallest absolute Gasteiger partial charge is 0.239 e. The molecular weight excluding hydrogens is 242 g/mol. The molecule has 0 radical (unpaired) electrons. The van der Waals surface area contributed by atoms with Crippen molar-refractivity contribution in [3.05, 3.63) is 0 Å². The minimum Gasteiger partial charge on any atom is -0.354 e. The van der Waals surface area contributed by atoms with E-state index in [9.17, 15) is 9.59 Å².